The van der Waals surface area contributed by atoms with Gasteiger partial charge in [-0.25, -0.2) is 18.1 Å². The van der Waals surface area contributed by atoms with Gasteiger partial charge in [-0.2, -0.15) is 0 Å². The molecule has 0 radical (unpaired) electrons. The molecule has 21 heavy (non-hydrogen) atoms. The predicted molar refractivity (Wildman–Crippen MR) is 81.7 cm³/mol. The molecule has 6 heteroatoms. The molecule has 0 atom stereocenters. The maximum Gasteiger partial charge on any atom is 0.242 e. The Morgan fingerprint density at radius 1 is 1.10 bits per heavy atom. The first-order valence-electron chi connectivity index (χ1n) is 6.81. The zero-order valence-corrected chi connectivity index (χ0v) is 12.5. The third kappa shape index (κ3) is 2.91. The summed E-state index contributed by atoms with van der Waals surface area (Å²) >= 11 is 0. The molecule has 1 aliphatic rings. The molecule has 1 aromatic carbocycles. The second kappa shape index (κ2) is 5.46. The van der Waals surface area contributed by atoms with Crippen molar-refractivity contribution in [2.75, 3.05) is 12.4 Å². The van der Waals surface area contributed by atoms with E-state index in [1.54, 1.807) is 19.2 Å². The van der Waals surface area contributed by atoms with E-state index in [-0.39, 0.29) is 10.9 Å². The Hall–Kier alpha value is -1.92. The fraction of sp³-hybridized carbons (Fsp3) is 0.267. The number of pyridine rings is 1. The molecule has 3 rings (SSSR count). The standard InChI is InChI=1S/C15H17N3O2S/c1-16-15-7-6-14(10-17-15)21(19,20)18-13-8-11-4-2-3-5-12(11)9-13/h2-7,10,13,18H,8-9H2,1H3,(H,16,17). The number of hydrogen-bond donors (Lipinski definition) is 2. The van der Waals surface area contributed by atoms with Crippen LogP contribution >= 0.6 is 0 Å². The number of fused-ring (bicyclic) bond motifs is 1. The summed E-state index contributed by atoms with van der Waals surface area (Å²) in [6, 6.07) is 11.2. The summed E-state index contributed by atoms with van der Waals surface area (Å²) in [7, 11) is -1.79. The molecule has 0 bridgehead atoms. The van der Waals surface area contributed by atoms with Crippen molar-refractivity contribution in [3.8, 4) is 0 Å². The highest BCUT2D eigenvalue weighted by Gasteiger charge is 2.26. The van der Waals surface area contributed by atoms with Crippen LogP contribution in [0.2, 0.25) is 0 Å². The first-order valence-corrected chi connectivity index (χ1v) is 8.30. The van der Waals surface area contributed by atoms with Crippen molar-refractivity contribution >= 4 is 15.8 Å². The summed E-state index contributed by atoms with van der Waals surface area (Å²) in [5.74, 6) is 0.641. The van der Waals surface area contributed by atoms with Crippen molar-refractivity contribution in [2.45, 2.75) is 23.8 Å². The van der Waals surface area contributed by atoms with Gasteiger partial charge in [0.25, 0.3) is 0 Å². The lowest BCUT2D eigenvalue weighted by Crippen LogP contribution is -2.35. The second-order valence-electron chi connectivity index (χ2n) is 5.12. The SMILES string of the molecule is CNc1ccc(S(=O)(=O)NC2Cc3ccccc3C2)cn1. The van der Waals surface area contributed by atoms with Crippen LogP contribution in [0, 0.1) is 0 Å². The largest absolute Gasteiger partial charge is 0.373 e. The zero-order chi connectivity index (χ0) is 14.9. The first-order chi connectivity index (χ1) is 10.1. The fourth-order valence-corrected chi connectivity index (χ4v) is 3.80. The fourth-order valence-electron chi connectivity index (χ4n) is 2.62. The molecule has 0 aliphatic heterocycles. The average Bonchev–Trinajstić information content (AvgIpc) is 2.88. The Morgan fingerprint density at radius 2 is 1.76 bits per heavy atom. The molecule has 1 aromatic heterocycles. The van der Waals surface area contributed by atoms with Crippen LogP contribution in [0.25, 0.3) is 0 Å². The lowest BCUT2D eigenvalue weighted by atomic mass is 10.1. The van der Waals surface area contributed by atoms with E-state index in [0.29, 0.717) is 5.82 Å². The highest BCUT2D eigenvalue weighted by atomic mass is 32.2. The molecular formula is C15H17N3O2S. The molecule has 0 spiro atoms. The Balaban J connectivity index is 1.75. The van der Waals surface area contributed by atoms with Crippen molar-refractivity contribution in [2.24, 2.45) is 0 Å². The smallest absolute Gasteiger partial charge is 0.242 e. The number of nitrogens with one attached hydrogen (secondary N) is 2. The van der Waals surface area contributed by atoms with E-state index in [0.717, 1.165) is 12.8 Å². The molecule has 0 unspecified atom stereocenters. The number of anilines is 1. The van der Waals surface area contributed by atoms with Gasteiger partial charge in [0.05, 0.1) is 0 Å². The topological polar surface area (TPSA) is 71.1 Å². The Bertz CT molecular complexity index is 717. The number of benzene rings is 1. The Morgan fingerprint density at radius 3 is 2.29 bits per heavy atom. The number of sulfonamides is 1. The van der Waals surface area contributed by atoms with E-state index in [2.05, 4.69) is 15.0 Å². The molecule has 5 nitrogen and oxygen atoms in total. The molecule has 110 valence electrons. The van der Waals surface area contributed by atoms with Crippen LogP contribution in [0.5, 0.6) is 0 Å². The minimum atomic E-state index is -3.53. The summed E-state index contributed by atoms with van der Waals surface area (Å²) in [4.78, 5) is 4.24. The van der Waals surface area contributed by atoms with Crippen molar-refractivity contribution < 1.29 is 8.42 Å². The van der Waals surface area contributed by atoms with Crippen LogP contribution in [0.4, 0.5) is 5.82 Å². The maximum absolute atomic E-state index is 12.4. The molecule has 0 saturated carbocycles. The summed E-state index contributed by atoms with van der Waals surface area (Å²) in [5.41, 5.74) is 2.43. The van der Waals surface area contributed by atoms with Crippen LogP contribution in [0.15, 0.2) is 47.5 Å². The highest BCUT2D eigenvalue weighted by molar-refractivity contribution is 7.89. The molecule has 0 saturated heterocycles. The summed E-state index contributed by atoms with van der Waals surface area (Å²) in [6.45, 7) is 0. The monoisotopic (exact) mass is 303 g/mol. The molecule has 0 amide bonds. The van der Waals surface area contributed by atoms with E-state index >= 15 is 0 Å². The van der Waals surface area contributed by atoms with Gasteiger partial charge in [0.15, 0.2) is 0 Å². The third-order valence-electron chi connectivity index (χ3n) is 3.68. The van der Waals surface area contributed by atoms with Gasteiger partial charge in [-0.05, 0) is 36.1 Å². The van der Waals surface area contributed by atoms with Gasteiger partial charge < -0.3 is 5.32 Å². The van der Waals surface area contributed by atoms with E-state index in [4.69, 9.17) is 0 Å². The molecule has 1 aliphatic carbocycles. The van der Waals surface area contributed by atoms with Crippen molar-refractivity contribution in [3.05, 3.63) is 53.7 Å². The van der Waals surface area contributed by atoms with Gasteiger partial charge in [0, 0.05) is 19.3 Å². The van der Waals surface area contributed by atoms with Gasteiger partial charge in [-0.3, -0.25) is 0 Å². The molecule has 0 fully saturated rings. The van der Waals surface area contributed by atoms with Crippen molar-refractivity contribution in [1.29, 1.82) is 0 Å². The van der Waals surface area contributed by atoms with Crippen LogP contribution in [0.1, 0.15) is 11.1 Å². The first kappa shape index (κ1) is 14.0. The van der Waals surface area contributed by atoms with Crippen molar-refractivity contribution in [1.82, 2.24) is 9.71 Å². The van der Waals surface area contributed by atoms with E-state index in [1.807, 2.05) is 24.3 Å². The molecule has 1 heterocycles. The minimum absolute atomic E-state index is 0.0867. The number of hydrogen-bond acceptors (Lipinski definition) is 4. The van der Waals surface area contributed by atoms with E-state index < -0.39 is 10.0 Å². The van der Waals surface area contributed by atoms with Crippen LogP contribution in [-0.4, -0.2) is 26.5 Å². The summed E-state index contributed by atoms with van der Waals surface area (Å²) < 4.78 is 27.5. The van der Waals surface area contributed by atoms with Crippen LogP contribution in [0.3, 0.4) is 0 Å². The van der Waals surface area contributed by atoms with Gasteiger partial charge in [0.2, 0.25) is 10.0 Å². The number of nitrogens with zero attached hydrogens (tertiary/aromatic N) is 1. The average molecular weight is 303 g/mol. The second-order valence-corrected chi connectivity index (χ2v) is 6.84. The molecular weight excluding hydrogens is 286 g/mol. The minimum Gasteiger partial charge on any atom is -0.373 e. The van der Waals surface area contributed by atoms with E-state index in [9.17, 15) is 8.42 Å². The van der Waals surface area contributed by atoms with Gasteiger partial charge in [-0.15, -0.1) is 0 Å². The molecule has 2 aromatic rings. The normalized spacial score (nSPS) is 14.9. The Labute approximate surface area is 124 Å². The van der Waals surface area contributed by atoms with Crippen LogP contribution in [-0.2, 0) is 22.9 Å². The Kier molecular flexibility index (Phi) is 3.65. The zero-order valence-electron chi connectivity index (χ0n) is 11.7. The maximum atomic E-state index is 12.4. The van der Waals surface area contributed by atoms with E-state index in [1.165, 1.54) is 17.3 Å². The quantitative estimate of drug-likeness (QED) is 0.899. The predicted octanol–water partition coefficient (Wildman–Crippen LogP) is 1.57. The number of rotatable bonds is 4. The van der Waals surface area contributed by atoms with Gasteiger partial charge in [-0.1, -0.05) is 24.3 Å². The third-order valence-corrected chi connectivity index (χ3v) is 5.18. The summed E-state index contributed by atoms with van der Waals surface area (Å²) in [6.07, 6.45) is 2.84. The highest BCUT2D eigenvalue weighted by Crippen LogP contribution is 2.23. The van der Waals surface area contributed by atoms with Gasteiger partial charge >= 0.3 is 0 Å². The molecule has 2 N–H and O–H groups in total. The van der Waals surface area contributed by atoms with Gasteiger partial charge in [0.1, 0.15) is 10.7 Å². The van der Waals surface area contributed by atoms with Crippen molar-refractivity contribution in [3.63, 3.8) is 0 Å². The van der Waals surface area contributed by atoms with Crippen LogP contribution < -0.4 is 10.0 Å². The number of aromatic nitrogens is 1. The lowest BCUT2D eigenvalue weighted by molar-refractivity contribution is 0.555. The lowest BCUT2D eigenvalue weighted by Gasteiger charge is -2.12. The summed E-state index contributed by atoms with van der Waals surface area (Å²) in [5, 5.41) is 2.86.